The van der Waals surface area contributed by atoms with Gasteiger partial charge in [0.05, 0.1) is 6.61 Å². The number of unbranched alkanes of at least 4 members (excludes halogenated alkanes) is 19. The number of rotatable bonds is 27. The molecule has 3 N–H and O–H groups in total. The monoisotopic (exact) mass is 508 g/mol. The third-order valence-corrected chi connectivity index (χ3v) is 7.20. The maximum Gasteiger partial charge on any atom is 0.435 e. The van der Waals surface area contributed by atoms with E-state index in [0.29, 0.717) is 6.61 Å². The van der Waals surface area contributed by atoms with E-state index in [1.54, 1.807) is 0 Å². The van der Waals surface area contributed by atoms with Gasteiger partial charge in [0.2, 0.25) is 0 Å². The molecule has 34 heavy (non-hydrogen) atoms. The van der Waals surface area contributed by atoms with Crippen molar-refractivity contribution < 1.29 is 33.7 Å². The van der Waals surface area contributed by atoms with Gasteiger partial charge in [0.25, 0.3) is 0 Å². The summed E-state index contributed by atoms with van der Waals surface area (Å²) < 4.78 is 20.7. The van der Waals surface area contributed by atoms with Crippen LogP contribution in [0.15, 0.2) is 0 Å². The maximum atomic E-state index is 11.1. The van der Waals surface area contributed by atoms with Crippen LogP contribution in [0, 0.1) is 0 Å². The van der Waals surface area contributed by atoms with Gasteiger partial charge in [0.1, 0.15) is 0 Å². The standard InChI is InChI=1S/C26H53O7P/c1-2-3-4-5-6-7-8-9-10-11-12-13-14-15-16-17-18-19-20-21-23-32-25(27)22-24-33-34(30,31)26(28)29/h25,27H,2-24H2,1H3,(H,28,29)(H,30,31). The summed E-state index contributed by atoms with van der Waals surface area (Å²) in [4.78, 5) is 19.4. The number of aliphatic hydroxyl groups is 1. The Morgan fingerprint density at radius 1 is 0.676 bits per heavy atom. The smallest absolute Gasteiger partial charge is 0.435 e. The van der Waals surface area contributed by atoms with Crippen molar-refractivity contribution in [2.24, 2.45) is 0 Å². The van der Waals surface area contributed by atoms with Gasteiger partial charge >= 0.3 is 13.3 Å². The molecule has 0 amide bonds. The van der Waals surface area contributed by atoms with E-state index >= 15 is 0 Å². The minimum atomic E-state index is -4.64. The fraction of sp³-hybridized carbons (Fsp3) is 0.962. The zero-order valence-corrected chi connectivity index (χ0v) is 22.7. The van der Waals surface area contributed by atoms with E-state index in [-0.39, 0.29) is 13.0 Å². The van der Waals surface area contributed by atoms with E-state index in [2.05, 4.69) is 11.4 Å². The summed E-state index contributed by atoms with van der Waals surface area (Å²) in [6.45, 7) is 2.34. The van der Waals surface area contributed by atoms with Crippen LogP contribution in [0.2, 0.25) is 0 Å². The van der Waals surface area contributed by atoms with Crippen molar-refractivity contribution in [3.8, 4) is 0 Å². The molecule has 2 unspecified atom stereocenters. The minimum absolute atomic E-state index is 0.0446. The van der Waals surface area contributed by atoms with Crippen LogP contribution >= 0.6 is 7.60 Å². The molecule has 0 aliphatic heterocycles. The zero-order valence-electron chi connectivity index (χ0n) is 21.8. The molecule has 0 radical (unpaired) electrons. The van der Waals surface area contributed by atoms with Crippen molar-refractivity contribution in [3.63, 3.8) is 0 Å². The quantitative estimate of drug-likeness (QED) is 0.0579. The van der Waals surface area contributed by atoms with Crippen molar-refractivity contribution >= 4 is 13.3 Å². The Morgan fingerprint density at radius 2 is 1.03 bits per heavy atom. The van der Waals surface area contributed by atoms with Crippen molar-refractivity contribution in [2.45, 2.75) is 148 Å². The summed E-state index contributed by atoms with van der Waals surface area (Å²) >= 11 is 0. The number of ether oxygens (including phenoxy) is 1. The predicted molar refractivity (Wildman–Crippen MR) is 138 cm³/mol. The fourth-order valence-electron chi connectivity index (χ4n) is 3.99. The lowest BCUT2D eigenvalue weighted by atomic mass is 10.0. The van der Waals surface area contributed by atoms with Crippen LogP contribution in [0.1, 0.15) is 142 Å². The lowest BCUT2D eigenvalue weighted by molar-refractivity contribution is -0.108. The zero-order chi connectivity index (χ0) is 25.3. The number of carbonyl (C=O) groups is 1. The van der Waals surface area contributed by atoms with Crippen molar-refractivity contribution in [2.75, 3.05) is 13.2 Å². The molecular formula is C26H53O7P. The van der Waals surface area contributed by atoms with Crippen molar-refractivity contribution in [1.82, 2.24) is 0 Å². The highest BCUT2D eigenvalue weighted by atomic mass is 31.2. The second-order valence-electron chi connectivity index (χ2n) is 9.47. The molecule has 0 rings (SSSR count). The third kappa shape index (κ3) is 23.3. The lowest BCUT2D eigenvalue weighted by Crippen LogP contribution is -2.15. The molecule has 0 aliphatic rings. The molecule has 0 heterocycles. The molecule has 2 atom stereocenters. The Bertz CT molecular complexity index is 502. The Morgan fingerprint density at radius 3 is 1.38 bits per heavy atom. The van der Waals surface area contributed by atoms with Gasteiger partial charge in [-0.2, -0.15) is 0 Å². The Kier molecular flexibility index (Phi) is 23.9. The maximum absolute atomic E-state index is 11.1. The summed E-state index contributed by atoms with van der Waals surface area (Å²) in [6.07, 6.45) is 25.4. The van der Waals surface area contributed by atoms with Crippen LogP contribution in [0.3, 0.4) is 0 Å². The lowest BCUT2D eigenvalue weighted by Gasteiger charge is -2.13. The summed E-state index contributed by atoms with van der Waals surface area (Å²) in [5, 5.41) is 18.1. The summed E-state index contributed by atoms with van der Waals surface area (Å²) in [7, 11) is -4.64. The molecular weight excluding hydrogens is 455 g/mol. The second kappa shape index (κ2) is 24.2. The summed E-state index contributed by atoms with van der Waals surface area (Å²) in [5.74, 6) is 0. The van der Waals surface area contributed by atoms with E-state index in [9.17, 15) is 14.5 Å². The number of carboxylic acid groups (broad SMARTS) is 1. The SMILES string of the molecule is CCCCCCCCCCCCCCCCCCCCCCOC(O)CCOP(=O)(O)C(=O)O. The molecule has 0 saturated carbocycles. The molecule has 0 spiro atoms. The number of aliphatic hydroxyl groups excluding tert-OH is 1. The highest BCUT2D eigenvalue weighted by Crippen LogP contribution is 2.42. The molecule has 0 aromatic heterocycles. The first-order chi connectivity index (χ1) is 16.4. The largest absolute Gasteiger partial charge is 0.472 e. The Labute approximate surface area is 208 Å². The normalized spacial score (nSPS) is 14.2. The van der Waals surface area contributed by atoms with Gasteiger partial charge in [-0.25, -0.2) is 9.36 Å². The third-order valence-electron chi connectivity index (χ3n) is 6.18. The topological polar surface area (TPSA) is 113 Å². The minimum Gasteiger partial charge on any atom is -0.472 e. The van der Waals surface area contributed by atoms with Crippen LogP contribution in [0.4, 0.5) is 4.79 Å². The summed E-state index contributed by atoms with van der Waals surface area (Å²) in [6, 6.07) is 0. The number of hydrogen-bond donors (Lipinski definition) is 3. The summed E-state index contributed by atoms with van der Waals surface area (Å²) in [5.41, 5.74) is -1.90. The van der Waals surface area contributed by atoms with E-state index < -0.39 is 19.6 Å². The van der Waals surface area contributed by atoms with Gasteiger partial charge in [-0.15, -0.1) is 0 Å². The van der Waals surface area contributed by atoms with Crippen LogP contribution in [-0.2, 0) is 13.8 Å². The second-order valence-corrected chi connectivity index (χ2v) is 11.1. The molecule has 0 aromatic carbocycles. The van der Waals surface area contributed by atoms with Gasteiger partial charge in [0.15, 0.2) is 6.29 Å². The van der Waals surface area contributed by atoms with Gasteiger partial charge in [0, 0.05) is 13.0 Å². The van der Waals surface area contributed by atoms with Gasteiger partial charge in [-0.05, 0) is 6.42 Å². The van der Waals surface area contributed by atoms with Crippen LogP contribution in [-0.4, -0.2) is 40.3 Å². The van der Waals surface area contributed by atoms with E-state index in [1.165, 1.54) is 109 Å². The molecule has 204 valence electrons. The molecule has 8 heteroatoms. The van der Waals surface area contributed by atoms with Gasteiger partial charge in [-0.1, -0.05) is 129 Å². The first-order valence-corrected chi connectivity index (χ1v) is 15.5. The average molecular weight is 509 g/mol. The first-order valence-electron chi connectivity index (χ1n) is 13.9. The highest BCUT2D eigenvalue weighted by molar-refractivity contribution is 7.70. The molecule has 0 saturated heterocycles. The Hall–Kier alpha value is -0.460. The molecule has 0 fully saturated rings. The Balaban J connectivity index is 3.21. The molecule has 7 nitrogen and oxygen atoms in total. The molecule has 0 aromatic rings. The predicted octanol–water partition coefficient (Wildman–Crippen LogP) is 8.41. The van der Waals surface area contributed by atoms with Crippen LogP contribution < -0.4 is 0 Å². The molecule has 0 aliphatic carbocycles. The fourth-order valence-corrected chi connectivity index (χ4v) is 4.46. The number of hydrogen-bond acceptors (Lipinski definition) is 5. The van der Waals surface area contributed by atoms with Gasteiger partial charge < -0.3 is 24.4 Å². The van der Waals surface area contributed by atoms with Gasteiger partial charge in [-0.3, -0.25) is 0 Å². The van der Waals surface area contributed by atoms with Crippen molar-refractivity contribution in [1.29, 1.82) is 0 Å². The van der Waals surface area contributed by atoms with E-state index in [4.69, 9.17) is 14.7 Å². The molecule has 0 bridgehead atoms. The average Bonchev–Trinajstić information content (AvgIpc) is 2.79. The van der Waals surface area contributed by atoms with Crippen LogP contribution in [0.5, 0.6) is 0 Å². The highest BCUT2D eigenvalue weighted by Gasteiger charge is 2.30. The van der Waals surface area contributed by atoms with E-state index in [1.807, 2.05) is 0 Å². The van der Waals surface area contributed by atoms with E-state index in [0.717, 1.165) is 19.3 Å². The first kappa shape index (κ1) is 33.5. The van der Waals surface area contributed by atoms with Crippen molar-refractivity contribution in [3.05, 3.63) is 0 Å². The van der Waals surface area contributed by atoms with Crippen LogP contribution in [0.25, 0.3) is 0 Å².